The molecular weight excluding hydrogens is 478 g/mol. The van der Waals surface area contributed by atoms with E-state index in [1.165, 1.54) is 35.0 Å². The Kier molecular flexibility index (Phi) is 10.1. The highest BCUT2D eigenvalue weighted by molar-refractivity contribution is 7.80. The minimum Gasteiger partial charge on any atom is -0.505 e. The van der Waals surface area contributed by atoms with Gasteiger partial charge in [0.25, 0.3) is 11.8 Å². The number of nitrogens with one attached hydrogen (secondary N) is 3. The quantitative estimate of drug-likeness (QED) is 0.0471. The van der Waals surface area contributed by atoms with Crippen molar-refractivity contribution >= 4 is 53.0 Å². The van der Waals surface area contributed by atoms with Gasteiger partial charge in [-0.05, 0) is 42.0 Å². The molecule has 1 heterocycles. The highest BCUT2D eigenvalue weighted by Gasteiger charge is 2.23. The number of hydrogen-bond acceptors (Lipinski definition) is 9. The van der Waals surface area contributed by atoms with Crippen molar-refractivity contribution in [3.8, 4) is 5.75 Å². The van der Waals surface area contributed by atoms with Crippen LogP contribution in [0.1, 0.15) is 25.1 Å². The molecule has 0 fully saturated rings. The number of aliphatic hydroxyl groups is 1. The van der Waals surface area contributed by atoms with Crippen LogP contribution in [0.2, 0.25) is 0 Å². The Labute approximate surface area is 206 Å². The van der Waals surface area contributed by atoms with E-state index >= 15 is 0 Å². The summed E-state index contributed by atoms with van der Waals surface area (Å²) in [6.07, 6.45) is 0.718. The lowest BCUT2D eigenvalue weighted by Crippen LogP contribution is -2.34. The fourth-order valence-electron chi connectivity index (χ4n) is 2.62. The van der Waals surface area contributed by atoms with Crippen LogP contribution in [0.25, 0.3) is 0 Å². The molecule has 0 bridgehead atoms. The number of amidine groups is 1. The molecule has 1 aromatic carbocycles. The number of aliphatic imine (C=N–C) groups is 1. The van der Waals surface area contributed by atoms with Gasteiger partial charge in [-0.1, -0.05) is 19.9 Å². The van der Waals surface area contributed by atoms with Crippen LogP contribution in [-0.2, 0) is 9.59 Å². The second-order valence-corrected chi connectivity index (χ2v) is 8.92. The number of nitrogens with zero attached hydrogens (tertiary/aromatic N) is 1. The second-order valence-electron chi connectivity index (χ2n) is 7.49. The number of nitrogens with two attached hydrogens (primary N) is 1. The molecule has 0 saturated carbocycles. The van der Waals surface area contributed by atoms with Crippen LogP contribution in [-0.4, -0.2) is 46.8 Å². The SMILES string of the molecule is CC(C)CCNC(=O)/C(C(N)=Nc1ccc(OCC(=O)NO)cc1S)=C(/O)C(=N)c1cccs1. The van der Waals surface area contributed by atoms with Crippen molar-refractivity contribution in [2.75, 3.05) is 13.2 Å². The van der Waals surface area contributed by atoms with Crippen molar-refractivity contribution in [3.05, 3.63) is 51.9 Å². The van der Waals surface area contributed by atoms with Crippen molar-refractivity contribution < 1.29 is 24.6 Å². The van der Waals surface area contributed by atoms with Crippen LogP contribution in [0, 0.1) is 11.3 Å². The largest absolute Gasteiger partial charge is 0.505 e. The number of rotatable bonds is 11. The summed E-state index contributed by atoms with van der Waals surface area (Å²) in [5.41, 5.74) is 7.28. The highest BCUT2D eigenvalue weighted by atomic mass is 32.1. The summed E-state index contributed by atoms with van der Waals surface area (Å²) in [6.45, 7) is 3.98. The average molecular weight is 506 g/mol. The fourth-order valence-corrected chi connectivity index (χ4v) is 3.55. The molecule has 34 heavy (non-hydrogen) atoms. The van der Waals surface area contributed by atoms with Gasteiger partial charge in [0, 0.05) is 11.4 Å². The van der Waals surface area contributed by atoms with E-state index < -0.39 is 24.2 Å². The topological polar surface area (TPSA) is 170 Å². The summed E-state index contributed by atoms with van der Waals surface area (Å²) in [5.74, 6) is -1.64. The molecule has 0 spiro atoms. The summed E-state index contributed by atoms with van der Waals surface area (Å²) in [5, 5.41) is 32.1. The molecule has 0 saturated heterocycles. The van der Waals surface area contributed by atoms with Crippen LogP contribution >= 0.6 is 24.0 Å². The predicted octanol–water partition coefficient (Wildman–Crippen LogP) is 2.95. The van der Waals surface area contributed by atoms with Gasteiger partial charge in [0.15, 0.2) is 12.4 Å². The number of thiophene rings is 1. The first-order valence-electron chi connectivity index (χ1n) is 10.2. The van der Waals surface area contributed by atoms with Crippen LogP contribution < -0.4 is 21.3 Å². The van der Waals surface area contributed by atoms with Gasteiger partial charge < -0.3 is 20.9 Å². The van der Waals surface area contributed by atoms with Gasteiger partial charge in [-0.25, -0.2) is 10.5 Å². The number of carbonyl (C=O) groups excluding carboxylic acids is 2. The van der Waals surface area contributed by atoms with Crippen molar-refractivity contribution in [2.24, 2.45) is 16.6 Å². The zero-order valence-corrected chi connectivity index (χ0v) is 20.4. The van der Waals surface area contributed by atoms with E-state index in [0.29, 0.717) is 22.2 Å². The standard InChI is InChI=1S/C22H27N5O5S2/c1-12(2)7-8-25-22(30)18(20(29)19(23)16-4-3-9-34-16)21(24)26-14-6-5-13(10-15(14)33)32-11-17(28)27-31/h3-6,9-10,12,23,29,31,33H,7-8,11H2,1-2H3,(H2,24,26)(H,25,30)(H,27,28)/b20-18+,23-19?. The van der Waals surface area contributed by atoms with Gasteiger partial charge in [-0.3, -0.25) is 20.2 Å². The number of hydroxylamine groups is 1. The Hall–Kier alpha value is -3.35. The Morgan fingerprint density at radius 3 is 2.65 bits per heavy atom. The molecule has 0 radical (unpaired) electrons. The molecule has 2 rings (SSSR count). The summed E-state index contributed by atoms with van der Waals surface area (Å²) in [7, 11) is 0. The zero-order valence-electron chi connectivity index (χ0n) is 18.7. The Morgan fingerprint density at radius 1 is 1.32 bits per heavy atom. The third kappa shape index (κ3) is 7.61. The second kappa shape index (κ2) is 12.8. The van der Waals surface area contributed by atoms with E-state index in [9.17, 15) is 14.7 Å². The van der Waals surface area contributed by atoms with Crippen LogP contribution in [0.15, 0.2) is 56.9 Å². The maximum absolute atomic E-state index is 12.9. The molecule has 182 valence electrons. The molecule has 12 heteroatoms. The predicted molar refractivity (Wildman–Crippen MR) is 134 cm³/mol. The molecule has 0 unspecified atom stereocenters. The number of allylic oxidation sites excluding steroid dienone is 1. The van der Waals surface area contributed by atoms with E-state index in [0.717, 1.165) is 6.42 Å². The molecule has 0 aliphatic rings. The minimum absolute atomic E-state index is 0.251. The molecular formula is C22H27N5O5S2. The Morgan fingerprint density at radius 2 is 2.06 bits per heavy atom. The Bertz CT molecular complexity index is 1100. The molecule has 0 aliphatic carbocycles. The summed E-state index contributed by atoms with van der Waals surface area (Å²) >= 11 is 5.57. The van der Waals surface area contributed by atoms with Crippen LogP contribution in [0.5, 0.6) is 5.75 Å². The summed E-state index contributed by atoms with van der Waals surface area (Å²) in [6, 6.07) is 7.84. The zero-order chi connectivity index (χ0) is 25.3. The lowest BCUT2D eigenvalue weighted by atomic mass is 10.1. The van der Waals surface area contributed by atoms with E-state index in [-0.39, 0.29) is 28.6 Å². The first-order chi connectivity index (χ1) is 16.1. The fraction of sp³-hybridized carbons (Fsp3) is 0.273. The van der Waals surface area contributed by atoms with E-state index in [4.69, 9.17) is 21.1 Å². The van der Waals surface area contributed by atoms with Crippen molar-refractivity contribution in [1.29, 1.82) is 5.41 Å². The normalized spacial score (nSPS) is 12.2. The number of aliphatic hydroxyl groups excluding tert-OH is 1. The number of carbonyl (C=O) groups is 2. The van der Waals surface area contributed by atoms with Gasteiger partial charge in [0.2, 0.25) is 0 Å². The van der Waals surface area contributed by atoms with Gasteiger partial charge in [0.1, 0.15) is 22.9 Å². The number of thiol groups is 1. The van der Waals surface area contributed by atoms with Gasteiger partial charge in [-0.15, -0.1) is 24.0 Å². The van der Waals surface area contributed by atoms with Crippen LogP contribution in [0.3, 0.4) is 0 Å². The smallest absolute Gasteiger partial charge is 0.281 e. The molecule has 1 aromatic heterocycles. The molecule has 2 amide bonds. The van der Waals surface area contributed by atoms with Gasteiger partial charge >= 0.3 is 0 Å². The minimum atomic E-state index is -0.728. The van der Waals surface area contributed by atoms with Crippen molar-refractivity contribution in [1.82, 2.24) is 10.8 Å². The van der Waals surface area contributed by atoms with Crippen LogP contribution in [0.4, 0.5) is 5.69 Å². The maximum atomic E-state index is 12.9. The first kappa shape index (κ1) is 26.9. The van der Waals surface area contributed by atoms with E-state index in [1.807, 2.05) is 13.8 Å². The lowest BCUT2D eigenvalue weighted by Gasteiger charge is -2.13. The van der Waals surface area contributed by atoms with Gasteiger partial charge in [-0.2, -0.15) is 0 Å². The summed E-state index contributed by atoms with van der Waals surface area (Å²) in [4.78, 5) is 29.0. The number of hydrogen-bond donors (Lipinski definition) is 7. The number of benzene rings is 1. The highest BCUT2D eigenvalue weighted by Crippen LogP contribution is 2.28. The number of ether oxygens (including phenoxy) is 1. The monoisotopic (exact) mass is 505 g/mol. The van der Waals surface area contributed by atoms with E-state index in [1.54, 1.807) is 17.5 Å². The molecule has 0 aliphatic heterocycles. The molecule has 0 atom stereocenters. The number of amides is 2. The molecule has 7 N–H and O–H groups in total. The van der Waals surface area contributed by atoms with Crippen molar-refractivity contribution in [3.63, 3.8) is 0 Å². The Balaban J connectivity index is 2.37. The average Bonchev–Trinajstić information content (AvgIpc) is 3.33. The van der Waals surface area contributed by atoms with Crippen molar-refractivity contribution in [2.45, 2.75) is 25.2 Å². The molecule has 2 aromatic rings. The summed E-state index contributed by atoms with van der Waals surface area (Å²) < 4.78 is 5.22. The molecule has 10 nitrogen and oxygen atoms in total. The van der Waals surface area contributed by atoms with E-state index in [2.05, 4.69) is 22.9 Å². The third-order valence-corrected chi connectivity index (χ3v) is 5.66. The maximum Gasteiger partial charge on any atom is 0.281 e. The lowest BCUT2D eigenvalue weighted by molar-refractivity contribution is -0.131. The first-order valence-corrected chi connectivity index (χ1v) is 11.5. The van der Waals surface area contributed by atoms with Gasteiger partial charge in [0.05, 0.1) is 10.6 Å². The third-order valence-electron chi connectivity index (χ3n) is 4.41.